The first-order valence-corrected chi connectivity index (χ1v) is 6.56. The Balaban J connectivity index is 2.34. The van der Waals surface area contributed by atoms with Crippen LogP contribution in [0.25, 0.3) is 12.2 Å². The minimum absolute atomic E-state index is 0.439. The van der Waals surface area contributed by atoms with Gasteiger partial charge in [0.2, 0.25) is 10.9 Å². The number of anilines is 1. The van der Waals surface area contributed by atoms with Crippen molar-refractivity contribution in [1.29, 1.82) is 0 Å². The highest BCUT2D eigenvalue weighted by Crippen LogP contribution is 2.38. The van der Waals surface area contributed by atoms with Crippen LogP contribution in [0.5, 0.6) is 17.2 Å². The second-order valence-corrected chi connectivity index (χ2v) is 4.81. The number of nitrogen functional groups attached to an aromatic ring is 1. The molecule has 0 aliphatic heterocycles. The Hall–Kier alpha value is -2.28. The lowest BCUT2D eigenvalue weighted by Crippen LogP contribution is -1.95. The molecule has 1 heterocycles. The summed E-state index contributed by atoms with van der Waals surface area (Å²) in [6, 6.07) is 3.70. The number of benzene rings is 1. The summed E-state index contributed by atoms with van der Waals surface area (Å²) >= 11 is 1.32. The quantitative estimate of drug-likeness (QED) is 0.911. The monoisotopic (exact) mass is 293 g/mol. The lowest BCUT2D eigenvalue weighted by molar-refractivity contribution is 0.324. The average Bonchev–Trinajstić information content (AvgIpc) is 2.89. The third-order valence-electron chi connectivity index (χ3n) is 2.56. The molecule has 0 amide bonds. The van der Waals surface area contributed by atoms with Crippen molar-refractivity contribution < 1.29 is 14.2 Å². The highest BCUT2D eigenvalue weighted by atomic mass is 32.1. The van der Waals surface area contributed by atoms with E-state index >= 15 is 0 Å². The maximum absolute atomic E-state index is 5.53. The number of nitrogens with two attached hydrogens (primary N) is 1. The number of hydrogen-bond donors (Lipinski definition) is 1. The van der Waals surface area contributed by atoms with Gasteiger partial charge in [-0.2, -0.15) is 0 Å². The average molecular weight is 293 g/mol. The zero-order valence-electron chi connectivity index (χ0n) is 11.4. The van der Waals surface area contributed by atoms with Gasteiger partial charge < -0.3 is 19.9 Å². The summed E-state index contributed by atoms with van der Waals surface area (Å²) in [4.78, 5) is 0. The summed E-state index contributed by atoms with van der Waals surface area (Å²) in [7, 11) is 4.73. The van der Waals surface area contributed by atoms with Crippen molar-refractivity contribution in [2.75, 3.05) is 27.1 Å². The second-order valence-electron chi connectivity index (χ2n) is 3.77. The van der Waals surface area contributed by atoms with E-state index in [9.17, 15) is 0 Å². The minimum Gasteiger partial charge on any atom is -0.493 e. The fraction of sp³-hybridized carbons (Fsp3) is 0.231. The summed E-state index contributed by atoms with van der Waals surface area (Å²) in [6.45, 7) is 0. The number of aromatic nitrogens is 2. The summed E-state index contributed by atoms with van der Waals surface area (Å²) in [5.74, 6) is 1.76. The minimum atomic E-state index is 0.439. The summed E-state index contributed by atoms with van der Waals surface area (Å²) < 4.78 is 15.9. The Kier molecular flexibility index (Phi) is 4.41. The highest BCUT2D eigenvalue weighted by molar-refractivity contribution is 7.15. The largest absolute Gasteiger partial charge is 0.493 e. The molecule has 106 valence electrons. The molecule has 2 rings (SSSR count). The SMILES string of the molecule is COc1cc(C=Cc2nnc(N)s2)cc(OC)c1OC. The van der Waals surface area contributed by atoms with Crippen molar-refractivity contribution in [2.45, 2.75) is 0 Å². The van der Waals surface area contributed by atoms with Gasteiger partial charge in [-0.1, -0.05) is 17.4 Å². The van der Waals surface area contributed by atoms with E-state index < -0.39 is 0 Å². The molecule has 2 aromatic rings. The smallest absolute Gasteiger partial charge is 0.203 e. The fourth-order valence-electron chi connectivity index (χ4n) is 1.68. The standard InChI is InChI=1S/C13H15N3O3S/c1-17-9-6-8(7-10(18-2)12(9)19-3)4-5-11-15-16-13(14)20-11/h4-7H,1-3H3,(H2,14,16). The molecule has 6 nitrogen and oxygen atoms in total. The zero-order chi connectivity index (χ0) is 14.5. The van der Waals surface area contributed by atoms with Crippen LogP contribution in [0, 0.1) is 0 Å². The van der Waals surface area contributed by atoms with E-state index in [1.165, 1.54) is 11.3 Å². The van der Waals surface area contributed by atoms with E-state index in [4.69, 9.17) is 19.9 Å². The van der Waals surface area contributed by atoms with Crippen molar-refractivity contribution >= 4 is 28.6 Å². The van der Waals surface area contributed by atoms with Crippen LogP contribution in [0.4, 0.5) is 5.13 Å². The van der Waals surface area contributed by atoms with Gasteiger partial charge in [-0.3, -0.25) is 0 Å². The summed E-state index contributed by atoms with van der Waals surface area (Å²) in [6.07, 6.45) is 3.71. The molecule has 0 atom stereocenters. The number of methoxy groups -OCH3 is 3. The number of nitrogens with zero attached hydrogens (tertiary/aromatic N) is 2. The predicted octanol–water partition coefficient (Wildman–Crippen LogP) is 2.32. The zero-order valence-corrected chi connectivity index (χ0v) is 12.2. The van der Waals surface area contributed by atoms with E-state index in [1.807, 2.05) is 24.3 Å². The topological polar surface area (TPSA) is 79.5 Å². The predicted molar refractivity (Wildman–Crippen MR) is 79.3 cm³/mol. The molecule has 0 radical (unpaired) electrons. The van der Waals surface area contributed by atoms with E-state index in [0.717, 1.165) is 10.6 Å². The first kappa shape index (κ1) is 14.1. The Labute approximate surface area is 120 Å². The van der Waals surface area contributed by atoms with Gasteiger partial charge in [-0.05, 0) is 23.8 Å². The molecule has 0 saturated carbocycles. The molecule has 7 heteroatoms. The van der Waals surface area contributed by atoms with Crippen LogP contribution in [0.3, 0.4) is 0 Å². The molecular weight excluding hydrogens is 278 g/mol. The Morgan fingerprint density at radius 2 is 1.65 bits per heavy atom. The number of hydrogen-bond acceptors (Lipinski definition) is 7. The molecule has 20 heavy (non-hydrogen) atoms. The lowest BCUT2D eigenvalue weighted by atomic mass is 10.1. The van der Waals surface area contributed by atoms with Crippen LogP contribution in [0.2, 0.25) is 0 Å². The van der Waals surface area contributed by atoms with Crippen LogP contribution in [0.1, 0.15) is 10.6 Å². The van der Waals surface area contributed by atoms with Crippen LogP contribution in [0.15, 0.2) is 12.1 Å². The number of ether oxygens (including phenoxy) is 3. The van der Waals surface area contributed by atoms with Crippen LogP contribution >= 0.6 is 11.3 Å². The van der Waals surface area contributed by atoms with Crippen molar-refractivity contribution in [2.24, 2.45) is 0 Å². The molecule has 2 N–H and O–H groups in total. The first-order chi connectivity index (χ1) is 9.67. The molecule has 0 fully saturated rings. The van der Waals surface area contributed by atoms with Gasteiger partial charge in [0.25, 0.3) is 0 Å². The van der Waals surface area contributed by atoms with Crippen molar-refractivity contribution in [1.82, 2.24) is 10.2 Å². The second kappa shape index (κ2) is 6.25. The molecule has 0 bridgehead atoms. The maximum atomic E-state index is 5.53. The van der Waals surface area contributed by atoms with Crippen molar-refractivity contribution in [3.05, 3.63) is 22.7 Å². The number of rotatable bonds is 5. The third-order valence-corrected chi connectivity index (χ3v) is 3.28. The molecule has 0 aliphatic rings. The fourth-order valence-corrected chi connectivity index (χ4v) is 2.19. The molecule has 1 aromatic carbocycles. The van der Waals surface area contributed by atoms with Gasteiger partial charge in [-0.15, -0.1) is 10.2 Å². The van der Waals surface area contributed by atoms with Crippen LogP contribution < -0.4 is 19.9 Å². The molecule has 0 aliphatic carbocycles. The van der Waals surface area contributed by atoms with Crippen molar-refractivity contribution in [3.63, 3.8) is 0 Å². The Morgan fingerprint density at radius 1 is 1.00 bits per heavy atom. The Bertz CT molecular complexity index is 600. The van der Waals surface area contributed by atoms with Crippen molar-refractivity contribution in [3.8, 4) is 17.2 Å². The van der Waals surface area contributed by atoms with Crippen LogP contribution in [-0.2, 0) is 0 Å². The van der Waals surface area contributed by atoms with E-state index in [0.29, 0.717) is 22.4 Å². The van der Waals surface area contributed by atoms with Gasteiger partial charge in [0.1, 0.15) is 5.01 Å². The van der Waals surface area contributed by atoms with Gasteiger partial charge >= 0.3 is 0 Å². The third kappa shape index (κ3) is 3.00. The van der Waals surface area contributed by atoms with E-state index in [2.05, 4.69) is 10.2 Å². The van der Waals surface area contributed by atoms with E-state index in [1.54, 1.807) is 21.3 Å². The Morgan fingerprint density at radius 3 is 2.10 bits per heavy atom. The highest BCUT2D eigenvalue weighted by Gasteiger charge is 2.12. The maximum Gasteiger partial charge on any atom is 0.203 e. The molecule has 0 unspecified atom stereocenters. The first-order valence-electron chi connectivity index (χ1n) is 5.75. The van der Waals surface area contributed by atoms with E-state index in [-0.39, 0.29) is 0 Å². The van der Waals surface area contributed by atoms with Gasteiger partial charge in [0, 0.05) is 0 Å². The molecule has 0 spiro atoms. The molecule has 0 saturated heterocycles. The summed E-state index contributed by atoms with van der Waals surface area (Å²) in [5.41, 5.74) is 6.43. The van der Waals surface area contributed by atoms with Gasteiger partial charge in [0.15, 0.2) is 11.5 Å². The molecular formula is C13H15N3O3S. The van der Waals surface area contributed by atoms with Crippen LogP contribution in [-0.4, -0.2) is 31.5 Å². The molecule has 1 aromatic heterocycles. The normalized spacial score (nSPS) is 10.8. The lowest BCUT2D eigenvalue weighted by Gasteiger charge is -2.12. The summed E-state index contributed by atoms with van der Waals surface area (Å²) in [5, 5.41) is 8.84. The van der Waals surface area contributed by atoms with Gasteiger partial charge in [0.05, 0.1) is 21.3 Å². The van der Waals surface area contributed by atoms with Gasteiger partial charge in [-0.25, -0.2) is 0 Å².